The van der Waals surface area contributed by atoms with E-state index in [1.807, 2.05) is 43.3 Å². The Balaban J connectivity index is 0.00000192. The maximum atomic E-state index is 12.4. The van der Waals surface area contributed by atoms with Gasteiger partial charge in [-0.2, -0.15) is 0 Å². The van der Waals surface area contributed by atoms with Crippen molar-refractivity contribution >= 4 is 30.0 Å². The first-order valence-electron chi connectivity index (χ1n) is 7.34. The number of fused-ring (bicyclic) bond motifs is 1. The molecule has 1 aliphatic rings. The number of rotatable bonds is 4. The van der Waals surface area contributed by atoms with Gasteiger partial charge in [0.05, 0.1) is 12.5 Å². The van der Waals surface area contributed by atoms with Crippen LogP contribution in [0, 0.1) is 0 Å². The van der Waals surface area contributed by atoms with Gasteiger partial charge in [-0.25, -0.2) is 0 Å². The first kappa shape index (κ1) is 17.0. The summed E-state index contributed by atoms with van der Waals surface area (Å²) in [6, 6.07) is 14.8. The van der Waals surface area contributed by atoms with Crippen molar-refractivity contribution in [3.05, 3.63) is 65.2 Å². The highest BCUT2D eigenvalue weighted by Crippen LogP contribution is 2.29. The molecule has 2 aromatic rings. The lowest BCUT2D eigenvalue weighted by Gasteiger charge is -2.17. The van der Waals surface area contributed by atoms with Crippen LogP contribution in [-0.2, 0) is 11.3 Å². The molecule has 4 nitrogen and oxygen atoms in total. The third-order valence-electron chi connectivity index (χ3n) is 4.13. The minimum Gasteiger partial charge on any atom is -0.481 e. The molecule has 1 unspecified atom stereocenters. The van der Waals surface area contributed by atoms with E-state index in [9.17, 15) is 14.7 Å². The van der Waals surface area contributed by atoms with Crippen LogP contribution < -0.4 is 4.90 Å². The van der Waals surface area contributed by atoms with Crippen LogP contribution in [0.3, 0.4) is 0 Å². The molecule has 0 fully saturated rings. The largest absolute Gasteiger partial charge is 0.481 e. The van der Waals surface area contributed by atoms with Crippen LogP contribution in [0.5, 0.6) is 0 Å². The second-order valence-corrected chi connectivity index (χ2v) is 5.44. The van der Waals surface area contributed by atoms with Gasteiger partial charge in [-0.05, 0) is 35.7 Å². The number of benzene rings is 2. The lowest BCUT2D eigenvalue weighted by molar-refractivity contribution is -0.138. The van der Waals surface area contributed by atoms with E-state index >= 15 is 0 Å². The van der Waals surface area contributed by atoms with Crippen molar-refractivity contribution in [1.29, 1.82) is 0 Å². The number of carbonyl (C=O) groups excluding carboxylic acids is 1. The van der Waals surface area contributed by atoms with E-state index < -0.39 is 11.9 Å². The number of amides is 1. The van der Waals surface area contributed by atoms with Gasteiger partial charge in [0.25, 0.3) is 5.91 Å². The van der Waals surface area contributed by atoms with Crippen LogP contribution >= 0.6 is 12.4 Å². The van der Waals surface area contributed by atoms with Crippen molar-refractivity contribution in [2.45, 2.75) is 25.8 Å². The molecule has 1 N–H and O–H groups in total. The molecule has 1 atom stereocenters. The van der Waals surface area contributed by atoms with E-state index in [1.165, 1.54) is 0 Å². The SMILES string of the molecule is CCC(C(=O)O)c1ccc(N2Cc3ccccc3C2=O)cc1.Cl. The van der Waals surface area contributed by atoms with Crippen LogP contribution in [0.15, 0.2) is 48.5 Å². The highest BCUT2D eigenvalue weighted by atomic mass is 35.5. The molecule has 0 radical (unpaired) electrons. The van der Waals surface area contributed by atoms with Gasteiger partial charge in [-0.1, -0.05) is 37.3 Å². The fourth-order valence-electron chi connectivity index (χ4n) is 2.90. The quantitative estimate of drug-likeness (QED) is 0.925. The zero-order valence-electron chi connectivity index (χ0n) is 12.7. The Labute approximate surface area is 141 Å². The van der Waals surface area contributed by atoms with E-state index in [0.29, 0.717) is 13.0 Å². The predicted octanol–water partition coefficient (Wildman–Crippen LogP) is 3.85. The Bertz CT molecular complexity index is 727. The van der Waals surface area contributed by atoms with Gasteiger partial charge >= 0.3 is 5.97 Å². The molecule has 0 aliphatic carbocycles. The van der Waals surface area contributed by atoms with Crippen molar-refractivity contribution in [1.82, 2.24) is 0 Å². The van der Waals surface area contributed by atoms with Crippen LogP contribution in [0.4, 0.5) is 5.69 Å². The molecule has 1 heterocycles. The molecule has 5 heteroatoms. The van der Waals surface area contributed by atoms with Gasteiger partial charge in [0.1, 0.15) is 0 Å². The van der Waals surface area contributed by atoms with Gasteiger partial charge in [0.2, 0.25) is 0 Å². The summed E-state index contributed by atoms with van der Waals surface area (Å²) in [7, 11) is 0. The molecule has 0 aromatic heterocycles. The number of hydrogen-bond donors (Lipinski definition) is 1. The molecule has 0 saturated heterocycles. The number of carboxylic acids is 1. The standard InChI is InChI=1S/C18H17NO3.ClH/c1-2-15(18(21)22)12-7-9-14(10-8-12)19-11-13-5-3-4-6-16(13)17(19)20;/h3-10,15H,2,11H2,1H3,(H,21,22);1H. The van der Waals surface area contributed by atoms with E-state index in [0.717, 1.165) is 22.4 Å². The lowest BCUT2D eigenvalue weighted by atomic mass is 9.96. The van der Waals surface area contributed by atoms with Crippen LogP contribution in [0.1, 0.15) is 40.7 Å². The molecule has 1 amide bonds. The maximum absolute atomic E-state index is 12.4. The topological polar surface area (TPSA) is 57.6 Å². The molecular weight excluding hydrogens is 314 g/mol. The average molecular weight is 332 g/mol. The van der Waals surface area contributed by atoms with Crippen molar-refractivity contribution in [2.75, 3.05) is 4.90 Å². The number of carboxylic acid groups (broad SMARTS) is 1. The molecule has 0 spiro atoms. The zero-order valence-corrected chi connectivity index (χ0v) is 13.5. The van der Waals surface area contributed by atoms with Crippen molar-refractivity contribution in [2.24, 2.45) is 0 Å². The smallest absolute Gasteiger partial charge is 0.310 e. The van der Waals surface area contributed by atoms with E-state index in [-0.39, 0.29) is 18.3 Å². The number of hydrogen-bond acceptors (Lipinski definition) is 2. The predicted molar refractivity (Wildman–Crippen MR) is 91.3 cm³/mol. The Hall–Kier alpha value is -2.33. The van der Waals surface area contributed by atoms with Crippen LogP contribution in [-0.4, -0.2) is 17.0 Å². The summed E-state index contributed by atoms with van der Waals surface area (Å²) in [6.45, 7) is 2.41. The molecule has 120 valence electrons. The first-order chi connectivity index (χ1) is 10.6. The molecule has 23 heavy (non-hydrogen) atoms. The minimum atomic E-state index is -0.820. The zero-order chi connectivity index (χ0) is 15.7. The first-order valence-corrected chi connectivity index (χ1v) is 7.34. The lowest BCUT2D eigenvalue weighted by Crippen LogP contribution is -2.23. The molecule has 3 rings (SSSR count). The Morgan fingerprint density at radius 1 is 1.17 bits per heavy atom. The third-order valence-corrected chi connectivity index (χ3v) is 4.13. The van der Waals surface area contributed by atoms with E-state index in [1.54, 1.807) is 17.0 Å². The normalized spacial score (nSPS) is 14.1. The monoisotopic (exact) mass is 331 g/mol. The Morgan fingerprint density at radius 3 is 2.39 bits per heavy atom. The minimum absolute atomic E-state index is 0. The summed E-state index contributed by atoms with van der Waals surface area (Å²) in [6.07, 6.45) is 0.544. The van der Waals surface area contributed by atoms with Crippen molar-refractivity contribution < 1.29 is 14.7 Å². The van der Waals surface area contributed by atoms with Gasteiger partial charge in [0.15, 0.2) is 0 Å². The number of nitrogens with zero attached hydrogens (tertiary/aromatic N) is 1. The number of carbonyl (C=O) groups is 2. The highest BCUT2D eigenvalue weighted by Gasteiger charge is 2.28. The summed E-state index contributed by atoms with van der Waals surface area (Å²) in [4.78, 5) is 25.3. The number of aliphatic carboxylic acids is 1. The van der Waals surface area contributed by atoms with E-state index in [2.05, 4.69) is 0 Å². The maximum Gasteiger partial charge on any atom is 0.310 e. The van der Waals surface area contributed by atoms with Crippen LogP contribution in [0.25, 0.3) is 0 Å². The van der Waals surface area contributed by atoms with Crippen molar-refractivity contribution in [3.63, 3.8) is 0 Å². The second-order valence-electron chi connectivity index (χ2n) is 5.44. The highest BCUT2D eigenvalue weighted by molar-refractivity contribution is 6.09. The molecular formula is C18H18ClNO3. The number of anilines is 1. The van der Waals surface area contributed by atoms with E-state index in [4.69, 9.17) is 0 Å². The van der Waals surface area contributed by atoms with Gasteiger partial charge in [0, 0.05) is 11.3 Å². The molecule has 0 saturated carbocycles. The summed E-state index contributed by atoms with van der Waals surface area (Å²) in [5.74, 6) is -1.32. The Morgan fingerprint density at radius 2 is 1.83 bits per heavy atom. The van der Waals surface area contributed by atoms with Crippen LogP contribution in [0.2, 0.25) is 0 Å². The third kappa shape index (κ3) is 3.08. The molecule has 0 bridgehead atoms. The fraction of sp³-hybridized carbons (Fsp3) is 0.222. The average Bonchev–Trinajstić information content (AvgIpc) is 2.86. The van der Waals surface area contributed by atoms with Gasteiger partial charge in [-0.3, -0.25) is 9.59 Å². The number of halogens is 1. The summed E-state index contributed by atoms with van der Waals surface area (Å²) < 4.78 is 0. The molecule has 1 aliphatic heterocycles. The van der Waals surface area contributed by atoms with Gasteiger partial charge < -0.3 is 10.0 Å². The molecule has 2 aromatic carbocycles. The summed E-state index contributed by atoms with van der Waals surface area (Å²) in [5.41, 5.74) is 3.32. The van der Waals surface area contributed by atoms with Crippen molar-refractivity contribution in [3.8, 4) is 0 Å². The summed E-state index contributed by atoms with van der Waals surface area (Å²) in [5, 5.41) is 9.20. The summed E-state index contributed by atoms with van der Waals surface area (Å²) >= 11 is 0. The fourth-order valence-corrected chi connectivity index (χ4v) is 2.90. The second kappa shape index (κ2) is 6.84. The Kier molecular flexibility index (Phi) is 5.06. The van der Waals surface area contributed by atoms with Gasteiger partial charge in [-0.15, -0.1) is 12.4 Å².